The standard InChI is InChI=1S/C15H21N3O4/c1-2-3-7-15(17-18-15)8-4-12(19)16-13(14(20)21)11-5-9-22-10-6-11/h1,11,13H,3-10H2,(H,16,19)(H,20,21). The Morgan fingerprint density at radius 1 is 1.36 bits per heavy atom. The maximum Gasteiger partial charge on any atom is 0.326 e. The molecule has 7 heteroatoms. The summed E-state index contributed by atoms with van der Waals surface area (Å²) in [7, 11) is 0. The van der Waals surface area contributed by atoms with Crippen LogP contribution in [0.5, 0.6) is 0 Å². The number of hydrogen-bond donors (Lipinski definition) is 2. The van der Waals surface area contributed by atoms with E-state index in [2.05, 4.69) is 21.5 Å². The zero-order chi connectivity index (χ0) is 16.0. The van der Waals surface area contributed by atoms with Crippen LogP contribution in [0.15, 0.2) is 10.2 Å². The fraction of sp³-hybridized carbons (Fsp3) is 0.733. The maximum atomic E-state index is 12.0. The highest BCUT2D eigenvalue weighted by Crippen LogP contribution is 2.37. The van der Waals surface area contributed by atoms with Crippen molar-refractivity contribution in [1.29, 1.82) is 0 Å². The second kappa shape index (κ2) is 7.36. The molecule has 120 valence electrons. The van der Waals surface area contributed by atoms with Crippen LogP contribution < -0.4 is 5.32 Å². The summed E-state index contributed by atoms with van der Waals surface area (Å²) in [6.07, 6.45) is 8.38. The molecular weight excluding hydrogens is 286 g/mol. The first-order valence-electron chi connectivity index (χ1n) is 7.54. The van der Waals surface area contributed by atoms with Crippen LogP contribution in [0, 0.1) is 18.3 Å². The molecule has 7 nitrogen and oxygen atoms in total. The summed E-state index contributed by atoms with van der Waals surface area (Å²) in [5.41, 5.74) is -0.513. The topological polar surface area (TPSA) is 100 Å². The lowest BCUT2D eigenvalue weighted by Gasteiger charge is -2.28. The summed E-state index contributed by atoms with van der Waals surface area (Å²) in [6.45, 7) is 1.08. The normalized spacial score (nSPS) is 20.9. The number of aliphatic carboxylic acids is 1. The zero-order valence-electron chi connectivity index (χ0n) is 12.5. The van der Waals surface area contributed by atoms with Gasteiger partial charge in [-0.05, 0) is 18.8 Å². The largest absolute Gasteiger partial charge is 0.480 e. The summed E-state index contributed by atoms with van der Waals surface area (Å²) in [5.74, 6) is 1.17. The van der Waals surface area contributed by atoms with E-state index in [1.54, 1.807) is 0 Å². The summed E-state index contributed by atoms with van der Waals surface area (Å²) < 4.78 is 5.23. The molecule has 2 aliphatic rings. The first-order valence-corrected chi connectivity index (χ1v) is 7.54. The molecule has 1 fully saturated rings. The summed E-state index contributed by atoms with van der Waals surface area (Å²) >= 11 is 0. The molecule has 1 saturated heterocycles. The lowest BCUT2D eigenvalue weighted by Crippen LogP contribution is -2.47. The molecule has 0 aromatic carbocycles. The van der Waals surface area contributed by atoms with Crippen LogP contribution in [0.4, 0.5) is 0 Å². The molecule has 0 aromatic rings. The van der Waals surface area contributed by atoms with E-state index in [1.165, 1.54) is 0 Å². The second-order valence-electron chi connectivity index (χ2n) is 5.72. The number of carboxylic acid groups (broad SMARTS) is 1. The Kier molecular flexibility index (Phi) is 5.50. The summed E-state index contributed by atoms with van der Waals surface area (Å²) in [5, 5.41) is 19.9. The van der Waals surface area contributed by atoms with Crippen LogP contribution in [0.1, 0.15) is 38.5 Å². The van der Waals surface area contributed by atoms with Crippen molar-refractivity contribution in [1.82, 2.24) is 5.32 Å². The van der Waals surface area contributed by atoms with Crippen LogP contribution in [0.25, 0.3) is 0 Å². The zero-order valence-corrected chi connectivity index (χ0v) is 12.5. The maximum absolute atomic E-state index is 12.0. The smallest absolute Gasteiger partial charge is 0.326 e. The van der Waals surface area contributed by atoms with Gasteiger partial charge in [0.15, 0.2) is 5.66 Å². The number of ether oxygens (including phenoxy) is 1. The highest BCUT2D eigenvalue weighted by atomic mass is 16.5. The van der Waals surface area contributed by atoms with Crippen molar-refractivity contribution in [3.05, 3.63) is 0 Å². The van der Waals surface area contributed by atoms with Crippen molar-refractivity contribution >= 4 is 11.9 Å². The Balaban J connectivity index is 1.79. The molecule has 2 aliphatic heterocycles. The highest BCUT2D eigenvalue weighted by molar-refractivity contribution is 5.83. The minimum absolute atomic E-state index is 0.0825. The van der Waals surface area contributed by atoms with Crippen molar-refractivity contribution < 1.29 is 19.4 Å². The predicted molar refractivity (Wildman–Crippen MR) is 78.0 cm³/mol. The van der Waals surface area contributed by atoms with Gasteiger partial charge in [0, 0.05) is 38.9 Å². The van der Waals surface area contributed by atoms with Crippen LogP contribution in [0.3, 0.4) is 0 Å². The van der Waals surface area contributed by atoms with E-state index in [0.29, 0.717) is 45.3 Å². The number of hydrogen-bond acceptors (Lipinski definition) is 5. The van der Waals surface area contributed by atoms with Gasteiger partial charge in [0.2, 0.25) is 5.91 Å². The number of amides is 1. The van der Waals surface area contributed by atoms with Crippen LogP contribution in [-0.2, 0) is 14.3 Å². The molecular formula is C15H21N3O4. The number of carbonyl (C=O) groups excluding carboxylic acids is 1. The Labute approximate surface area is 129 Å². The number of rotatable bonds is 8. The van der Waals surface area contributed by atoms with Crippen molar-refractivity contribution in [3.63, 3.8) is 0 Å². The van der Waals surface area contributed by atoms with Gasteiger partial charge in [-0.2, -0.15) is 10.2 Å². The molecule has 1 amide bonds. The van der Waals surface area contributed by atoms with E-state index in [-0.39, 0.29) is 18.2 Å². The van der Waals surface area contributed by atoms with E-state index < -0.39 is 17.7 Å². The minimum atomic E-state index is -0.997. The van der Waals surface area contributed by atoms with Crippen LogP contribution >= 0.6 is 0 Å². The molecule has 2 rings (SSSR count). The van der Waals surface area contributed by atoms with Crippen molar-refractivity contribution in [3.8, 4) is 12.3 Å². The van der Waals surface area contributed by atoms with Crippen molar-refractivity contribution in [2.24, 2.45) is 16.1 Å². The predicted octanol–water partition coefficient (Wildman–Crippen LogP) is 1.34. The third-order valence-corrected chi connectivity index (χ3v) is 4.12. The average Bonchev–Trinajstić information content (AvgIpc) is 3.30. The van der Waals surface area contributed by atoms with Crippen molar-refractivity contribution in [2.45, 2.75) is 50.2 Å². The number of carbonyl (C=O) groups is 2. The molecule has 22 heavy (non-hydrogen) atoms. The summed E-state index contributed by atoms with van der Waals surface area (Å²) in [6, 6.07) is -0.855. The second-order valence-corrected chi connectivity index (χ2v) is 5.72. The molecule has 0 spiro atoms. The number of terminal acetylenes is 1. The molecule has 0 saturated carbocycles. The molecule has 2 heterocycles. The Bertz CT molecular complexity index is 486. The van der Waals surface area contributed by atoms with Crippen LogP contribution in [0.2, 0.25) is 0 Å². The molecule has 1 unspecified atom stereocenters. The highest BCUT2D eigenvalue weighted by Gasteiger charge is 2.39. The third kappa shape index (κ3) is 4.53. The Morgan fingerprint density at radius 2 is 2.05 bits per heavy atom. The van der Waals surface area contributed by atoms with Gasteiger partial charge in [-0.15, -0.1) is 12.3 Å². The van der Waals surface area contributed by atoms with Gasteiger partial charge in [-0.3, -0.25) is 4.79 Å². The lowest BCUT2D eigenvalue weighted by atomic mass is 9.91. The van der Waals surface area contributed by atoms with E-state index in [1.807, 2.05) is 0 Å². The first-order chi connectivity index (χ1) is 10.6. The molecule has 2 N–H and O–H groups in total. The molecule has 0 aromatic heterocycles. The van der Waals surface area contributed by atoms with E-state index >= 15 is 0 Å². The fourth-order valence-corrected chi connectivity index (χ4v) is 2.66. The monoisotopic (exact) mass is 307 g/mol. The van der Waals surface area contributed by atoms with E-state index in [4.69, 9.17) is 11.2 Å². The van der Waals surface area contributed by atoms with Gasteiger partial charge < -0.3 is 15.2 Å². The van der Waals surface area contributed by atoms with Crippen LogP contribution in [-0.4, -0.2) is 41.9 Å². The van der Waals surface area contributed by atoms with Gasteiger partial charge in [-0.1, -0.05) is 0 Å². The van der Waals surface area contributed by atoms with Gasteiger partial charge >= 0.3 is 5.97 Å². The van der Waals surface area contributed by atoms with E-state index in [9.17, 15) is 14.7 Å². The Hall–Kier alpha value is -1.94. The quantitative estimate of drug-likeness (QED) is 0.661. The number of carboxylic acids is 1. The number of nitrogens with one attached hydrogen (secondary N) is 1. The summed E-state index contributed by atoms with van der Waals surface area (Å²) in [4.78, 5) is 23.4. The number of nitrogens with zero attached hydrogens (tertiary/aromatic N) is 2. The van der Waals surface area contributed by atoms with E-state index in [0.717, 1.165) is 0 Å². The average molecular weight is 307 g/mol. The SMILES string of the molecule is C#CCCC1(CCC(=O)NC(C(=O)O)C2CCOCC2)N=N1. The van der Waals surface area contributed by atoms with Gasteiger partial charge in [0.1, 0.15) is 6.04 Å². The molecule has 0 radical (unpaired) electrons. The van der Waals surface area contributed by atoms with Gasteiger partial charge in [0.25, 0.3) is 0 Å². The third-order valence-electron chi connectivity index (χ3n) is 4.12. The van der Waals surface area contributed by atoms with Gasteiger partial charge in [-0.25, -0.2) is 4.79 Å². The minimum Gasteiger partial charge on any atom is -0.480 e. The molecule has 0 aliphatic carbocycles. The van der Waals surface area contributed by atoms with Crippen molar-refractivity contribution in [2.75, 3.05) is 13.2 Å². The molecule has 0 bridgehead atoms. The Morgan fingerprint density at radius 3 is 2.59 bits per heavy atom. The fourth-order valence-electron chi connectivity index (χ4n) is 2.66. The first kappa shape index (κ1) is 16.4. The van der Waals surface area contributed by atoms with Gasteiger partial charge in [0.05, 0.1) is 0 Å². The molecule has 1 atom stereocenters. The lowest BCUT2D eigenvalue weighted by molar-refractivity contribution is -0.144.